The zero-order valence-electron chi connectivity index (χ0n) is 16.7. The molecule has 0 unspecified atom stereocenters. The highest BCUT2D eigenvalue weighted by Crippen LogP contribution is 2.36. The third kappa shape index (κ3) is 7.01. The van der Waals surface area contributed by atoms with Gasteiger partial charge in [-0.2, -0.15) is 0 Å². The van der Waals surface area contributed by atoms with Crippen molar-refractivity contribution in [2.75, 3.05) is 6.61 Å². The van der Waals surface area contributed by atoms with E-state index in [1.807, 2.05) is 24.3 Å². The highest BCUT2D eigenvalue weighted by atomic mass is 16.6. The Morgan fingerprint density at radius 3 is 2.27 bits per heavy atom. The lowest BCUT2D eigenvalue weighted by atomic mass is 9.95. The van der Waals surface area contributed by atoms with Gasteiger partial charge in [0.15, 0.2) is 0 Å². The molecule has 1 aliphatic rings. The molecule has 1 aliphatic heterocycles. The van der Waals surface area contributed by atoms with Crippen molar-refractivity contribution in [2.24, 2.45) is 5.92 Å². The minimum absolute atomic E-state index is 0.0149. The number of carbonyl (C=O) groups is 1. The number of cyclic esters (lactones) is 1. The molecule has 0 aliphatic carbocycles. The summed E-state index contributed by atoms with van der Waals surface area (Å²) < 4.78 is 11.4. The summed E-state index contributed by atoms with van der Waals surface area (Å²) in [5.41, 5.74) is 1.09. The maximum atomic E-state index is 12.1. The van der Waals surface area contributed by atoms with Crippen molar-refractivity contribution in [3.63, 3.8) is 0 Å². The second kappa shape index (κ2) is 12.0. The summed E-state index contributed by atoms with van der Waals surface area (Å²) in [6, 6.07) is 8.10. The van der Waals surface area contributed by atoms with Crippen LogP contribution in [-0.2, 0) is 9.53 Å². The minimum atomic E-state index is -0.0817. The minimum Gasteiger partial charge on any atom is -0.494 e. The third-order valence-electron chi connectivity index (χ3n) is 5.26. The highest BCUT2D eigenvalue weighted by Gasteiger charge is 2.34. The van der Waals surface area contributed by atoms with Crippen LogP contribution in [0.1, 0.15) is 96.1 Å². The van der Waals surface area contributed by atoms with Crippen LogP contribution in [0.25, 0.3) is 0 Å². The molecule has 0 N–H and O–H groups in total. The monoisotopic (exact) mass is 360 g/mol. The van der Waals surface area contributed by atoms with Gasteiger partial charge in [0.2, 0.25) is 0 Å². The van der Waals surface area contributed by atoms with Gasteiger partial charge in [-0.05, 0) is 30.5 Å². The quantitative estimate of drug-likeness (QED) is 0.293. The molecule has 1 fully saturated rings. The summed E-state index contributed by atoms with van der Waals surface area (Å²) in [6.07, 6.45) is 12.8. The fourth-order valence-corrected chi connectivity index (χ4v) is 3.57. The molecule has 0 spiro atoms. The Bertz CT molecular complexity index is 509. The standard InChI is InChI=1S/C23H36O3/c1-3-5-7-9-11-17-25-21-15-13-19(14-16-21)22-18-20(23(24)26-22)12-10-8-6-4-2/h13-16,20,22H,3-12,17-18H2,1-2H3/t20-,22+/m1/s1. The van der Waals surface area contributed by atoms with E-state index >= 15 is 0 Å². The maximum Gasteiger partial charge on any atom is 0.309 e. The van der Waals surface area contributed by atoms with E-state index in [0.29, 0.717) is 0 Å². The van der Waals surface area contributed by atoms with E-state index in [1.165, 1.54) is 44.9 Å². The molecule has 0 amide bonds. The van der Waals surface area contributed by atoms with Gasteiger partial charge in [-0.25, -0.2) is 0 Å². The fraction of sp³-hybridized carbons (Fsp3) is 0.696. The molecule has 3 heteroatoms. The Balaban J connectivity index is 1.71. The van der Waals surface area contributed by atoms with Crippen molar-refractivity contribution in [3.05, 3.63) is 29.8 Å². The van der Waals surface area contributed by atoms with Gasteiger partial charge in [0.25, 0.3) is 0 Å². The number of esters is 1. The van der Waals surface area contributed by atoms with E-state index in [2.05, 4.69) is 13.8 Å². The summed E-state index contributed by atoms with van der Waals surface area (Å²) >= 11 is 0. The molecule has 1 heterocycles. The molecule has 1 aromatic carbocycles. The first-order chi connectivity index (χ1) is 12.7. The molecule has 1 saturated heterocycles. The topological polar surface area (TPSA) is 35.5 Å². The third-order valence-corrected chi connectivity index (χ3v) is 5.26. The SMILES string of the molecule is CCCCCCCOc1ccc([C@@H]2C[C@@H](CCCCCC)C(=O)O2)cc1. The highest BCUT2D eigenvalue weighted by molar-refractivity contribution is 5.74. The molecule has 0 aromatic heterocycles. The summed E-state index contributed by atoms with van der Waals surface area (Å²) in [4.78, 5) is 12.1. The number of unbranched alkanes of at least 4 members (excludes halogenated alkanes) is 7. The van der Waals surface area contributed by atoms with Gasteiger partial charge >= 0.3 is 5.97 Å². The predicted octanol–water partition coefficient (Wildman–Crippen LogP) is 6.61. The van der Waals surface area contributed by atoms with Crippen molar-refractivity contribution < 1.29 is 14.3 Å². The average molecular weight is 361 g/mol. The van der Waals surface area contributed by atoms with Crippen LogP contribution in [0.15, 0.2) is 24.3 Å². The molecule has 0 saturated carbocycles. The molecule has 1 aromatic rings. The van der Waals surface area contributed by atoms with Crippen LogP contribution in [0.4, 0.5) is 0 Å². The van der Waals surface area contributed by atoms with Crippen LogP contribution >= 0.6 is 0 Å². The largest absolute Gasteiger partial charge is 0.494 e. The first-order valence-electron chi connectivity index (χ1n) is 10.7. The van der Waals surface area contributed by atoms with E-state index in [4.69, 9.17) is 9.47 Å². The molecular weight excluding hydrogens is 324 g/mol. The number of hydrogen-bond acceptors (Lipinski definition) is 3. The summed E-state index contributed by atoms with van der Waals surface area (Å²) in [5.74, 6) is 0.972. The fourth-order valence-electron chi connectivity index (χ4n) is 3.57. The Kier molecular flexibility index (Phi) is 9.58. The lowest BCUT2D eigenvalue weighted by Crippen LogP contribution is -2.06. The lowest BCUT2D eigenvalue weighted by Gasteiger charge is -2.11. The number of ether oxygens (including phenoxy) is 2. The smallest absolute Gasteiger partial charge is 0.309 e. The lowest BCUT2D eigenvalue weighted by molar-refractivity contribution is -0.144. The van der Waals surface area contributed by atoms with Crippen molar-refractivity contribution in [1.29, 1.82) is 0 Å². The van der Waals surface area contributed by atoms with Gasteiger partial charge in [-0.1, -0.05) is 77.3 Å². The van der Waals surface area contributed by atoms with Crippen LogP contribution in [0.2, 0.25) is 0 Å². The average Bonchev–Trinajstić information content (AvgIpc) is 3.03. The number of benzene rings is 1. The van der Waals surface area contributed by atoms with Crippen molar-refractivity contribution in [2.45, 2.75) is 90.6 Å². The predicted molar refractivity (Wildman–Crippen MR) is 106 cm³/mol. The van der Waals surface area contributed by atoms with E-state index in [9.17, 15) is 4.79 Å². The van der Waals surface area contributed by atoms with Crippen LogP contribution in [0, 0.1) is 5.92 Å². The van der Waals surface area contributed by atoms with Crippen LogP contribution < -0.4 is 4.74 Å². The molecule has 2 atom stereocenters. The second-order valence-electron chi connectivity index (χ2n) is 7.54. The van der Waals surface area contributed by atoms with Gasteiger partial charge in [0.1, 0.15) is 11.9 Å². The van der Waals surface area contributed by atoms with E-state index < -0.39 is 0 Å². The molecular formula is C23H36O3. The van der Waals surface area contributed by atoms with Gasteiger partial charge < -0.3 is 9.47 Å². The first-order valence-corrected chi connectivity index (χ1v) is 10.7. The van der Waals surface area contributed by atoms with Crippen molar-refractivity contribution in [1.82, 2.24) is 0 Å². The number of hydrogen-bond donors (Lipinski definition) is 0. The van der Waals surface area contributed by atoms with Gasteiger partial charge in [0.05, 0.1) is 12.5 Å². The zero-order valence-corrected chi connectivity index (χ0v) is 16.7. The summed E-state index contributed by atoms with van der Waals surface area (Å²) in [6.45, 7) is 5.22. The molecule has 26 heavy (non-hydrogen) atoms. The Morgan fingerprint density at radius 2 is 1.58 bits per heavy atom. The Labute approximate surface area is 159 Å². The molecule has 0 bridgehead atoms. The Hall–Kier alpha value is -1.51. The zero-order chi connectivity index (χ0) is 18.6. The maximum absolute atomic E-state index is 12.1. The van der Waals surface area contributed by atoms with Crippen LogP contribution in [-0.4, -0.2) is 12.6 Å². The summed E-state index contributed by atoms with van der Waals surface area (Å²) in [7, 11) is 0. The second-order valence-corrected chi connectivity index (χ2v) is 7.54. The van der Waals surface area contributed by atoms with Gasteiger partial charge in [-0.15, -0.1) is 0 Å². The molecule has 2 rings (SSSR count). The normalized spacial score (nSPS) is 19.5. The van der Waals surface area contributed by atoms with Crippen molar-refractivity contribution in [3.8, 4) is 5.75 Å². The van der Waals surface area contributed by atoms with Gasteiger partial charge in [0, 0.05) is 6.42 Å². The summed E-state index contributed by atoms with van der Waals surface area (Å²) in [5, 5.41) is 0. The van der Waals surface area contributed by atoms with Crippen LogP contribution in [0.3, 0.4) is 0 Å². The number of carbonyl (C=O) groups excluding carboxylic acids is 1. The Morgan fingerprint density at radius 1 is 0.923 bits per heavy atom. The molecule has 0 radical (unpaired) electrons. The van der Waals surface area contributed by atoms with Crippen LogP contribution in [0.5, 0.6) is 5.75 Å². The first kappa shape index (κ1) is 20.8. The number of rotatable bonds is 13. The molecule has 3 nitrogen and oxygen atoms in total. The van der Waals surface area contributed by atoms with Crippen molar-refractivity contribution >= 4 is 5.97 Å². The van der Waals surface area contributed by atoms with E-state index in [-0.39, 0.29) is 18.0 Å². The molecule has 146 valence electrons. The van der Waals surface area contributed by atoms with E-state index in [1.54, 1.807) is 0 Å². The van der Waals surface area contributed by atoms with E-state index in [0.717, 1.165) is 43.6 Å². The van der Waals surface area contributed by atoms with Gasteiger partial charge in [-0.3, -0.25) is 4.79 Å².